The summed E-state index contributed by atoms with van der Waals surface area (Å²) in [6, 6.07) is 7.10. The largest absolute Gasteiger partial charge is 0.383 e. The second-order valence-corrected chi connectivity index (χ2v) is 6.34. The van der Waals surface area contributed by atoms with Gasteiger partial charge in [-0.1, -0.05) is 50.7 Å². The summed E-state index contributed by atoms with van der Waals surface area (Å²) in [5.41, 5.74) is 7.98. The first-order chi connectivity index (χ1) is 9.47. The van der Waals surface area contributed by atoms with Crippen LogP contribution in [0.15, 0.2) is 34.9 Å². The molecule has 2 heterocycles. The average Bonchev–Trinajstić information content (AvgIpc) is 2.71. The number of anilines is 1. The van der Waals surface area contributed by atoms with Gasteiger partial charge < -0.3 is 5.73 Å². The molecule has 0 spiro atoms. The number of rotatable bonds is 1. The number of fused-ring (bicyclic) bond motifs is 1. The zero-order valence-electron chi connectivity index (χ0n) is 9.87. The van der Waals surface area contributed by atoms with Crippen molar-refractivity contribution in [1.82, 2.24) is 9.38 Å². The number of hydrogen-bond donors (Lipinski definition) is 1. The number of nitrogens with zero attached hydrogens (tertiary/aromatic N) is 2. The SMILES string of the molecule is Nc1c(-c2cc(Br)ccc2Cl)nc2c(Cl)cc(Cl)cn12. The topological polar surface area (TPSA) is 43.3 Å². The minimum absolute atomic E-state index is 0.432. The van der Waals surface area contributed by atoms with Crippen molar-refractivity contribution in [3.63, 3.8) is 0 Å². The van der Waals surface area contributed by atoms with Crippen LogP contribution in [0.4, 0.5) is 5.82 Å². The van der Waals surface area contributed by atoms with E-state index in [9.17, 15) is 0 Å². The first-order valence-corrected chi connectivity index (χ1v) is 7.48. The van der Waals surface area contributed by atoms with Crippen molar-refractivity contribution in [2.75, 3.05) is 5.73 Å². The maximum Gasteiger partial charge on any atom is 0.158 e. The molecule has 0 amide bonds. The summed E-state index contributed by atoms with van der Waals surface area (Å²) in [6.45, 7) is 0. The fourth-order valence-corrected chi connectivity index (χ4v) is 3.05. The van der Waals surface area contributed by atoms with E-state index in [1.807, 2.05) is 12.1 Å². The van der Waals surface area contributed by atoms with Crippen molar-refractivity contribution >= 4 is 62.2 Å². The van der Waals surface area contributed by atoms with Crippen LogP contribution in [0.5, 0.6) is 0 Å². The molecule has 20 heavy (non-hydrogen) atoms. The van der Waals surface area contributed by atoms with Gasteiger partial charge in [-0.3, -0.25) is 4.40 Å². The Hall–Kier alpha value is -0.940. The molecule has 0 aliphatic heterocycles. The zero-order chi connectivity index (χ0) is 14.4. The highest BCUT2D eigenvalue weighted by molar-refractivity contribution is 9.10. The van der Waals surface area contributed by atoms with E-state index in [4.69, 9.17) is 40.5 Å². The van der Waals surface area contributed by atoms with E-state index < -0.39 is 0 Å². The molecule has 0 fully saturated rings. The summed E-state index contributed by atoms with van der Waals surface area (Å²) in [5, 5.41) is 1.48. The summed E-state index contributed by atoms with van der Waals surface area (Å²) < 4.78 is 2.54. The van der Waals surface area contributed by atoms with Crippen LogP contribution in [-0.2, 0) is 0 Å². The first kappa shape index (κ1) is 14.0. The third kappa shape index (κ3) is 2.27. The number of hydrogen-bond acceptors (Lipinski definition) is 2. The number of nitrogen functional groups attached to an aromatic ring is 1. The van der Waals surface area contributed by atoms with Crippen LogP contribution >= 0.6 is 50.7 Å². The minimum atomic E-state index is 0.432. The van der Waals surface area contributed by atoms with Crippen LogP contribution in [0.2, 0.25) is 15.1 Å². The van der Waals surface area contributed by atoms with Gasteiger partial charge in [-0.05, 0) is 24.3 Å². The number of aromatic nitrogens is 2. The zero-order valence-corrected chi connectivity index (χ0v) is 13.7. The number of halogens is 4. The van der Waals surface area contributed by atoms with Crippen LogP contribution in [0.3, 0.4) is 0 Å². The van der Waals surface area contributed by atoms with Crippen molar-refractivity contribution in [2.24, 2.45) is 0 Å². The normalized spacial score (nSPS) is 11.2. The number of pyridine rings is 1. The van der Waals surface area contributed by atoms with Crippen LogP contribution in [0, 0.1) is 0 Å². The Morgan fingerprint density at radius 3 is 2.60 bits per heavy atom. The molecule has 0 atom stereocenters. The Kier molecular flexibility index (Phi) is 3.58. The van der Waals surface area contributed by atoms with E-state index in [1.54, 1.807) is 22.7 Å². The van der Waals surface area contributed by atoms with Gasteiger partial charge in [0.2, 0.25) is 0 Å². The number of benzene rings is 1. The van der Waals surface area contributed by atoms with Crippen molar-refractivity contribution in [3.8, 4) is 11.3 Å². The number of nitrogens with two attached hydrogens (primary N) is 1. The lowest BCUT2D eigenvalue weighted by Gasteiger charge is -2.03. The summed E-state index contributed by atoms with van der Waals surface area (Å²) in [6.07, 6.45) is 1.67. The molecular formula is C13H7BrCl3N3. The summed E-state index contributed by atoms with van der Waals surface area (Å²) >= 11 is 21.7. The van der Waals surface area contributed by atoms with Gasteiger partial charge in [0.1, 0.15) is 11.5 Å². The van der Waals surface area contributed by atoms with Gasteiger partial charge in [0.05, 0.1) is 15.1 Å². The van der Waals surface area contributed by atoms with E-state index >= 15 is 0 Å². The molecule has 0 bridgehead atoms. The predicted octanol–water partition coefficient (Wildman–Crippen LogP) is 5.31. The highest BCUT2D eigenvalue weighted by Crippen LogP contribution is 2.36. The molecular weight excluding hydrogens is 384 g/mol. The fourth-order valence-electron chi connectivity index (χ4n) is 1.97. The van der Waals surface area contributed by atoms with E-state index in [0.717, 1.165) is 10.0 Å². The smallest absolute Gasteiger partial charge is 0.158 e. The average molecular weight is 391 g/mol. The van der Waals surface area contributed by atoms with Gasteiger partial charge in [-0.2, -0.15) is 0 Å². The fraction of sp³-hybridized carbons (Fsp3) is 0. The van der Waals surface area contributed by atoms with Crippen molar-refractivity contribution in [3.05, 3.63) is 50.0 Å². The van der Waals surface area contributed by atoms with E-state index in [1.165, 1.54) is 0 Å². The van der Waals surface area contributed by atoms with E-state index in [2.05, 4.69) is 20.9 Å². The predicted molar refractivity (Wildman–Crippen MR) is 87.8 cm³/mol. The van der Waals surface area contributed by atoms with Crippen LogP contribution in [0.1, 0.15) is 0 Å². The molecule has 102 valence electrons. The third-order valence-electron chi connectivity index (χ3n) is 2.86. The van der Waals surface area contributed by atoms with Gasteiger partial charge >= 0.3 is 0 Å². The molecule has 0 aliphatic carbocycles. The van der Waals surface area contributed by atoms with Crippen molar-refractivity contribution in [1.29, 1.82) is 0 Å². The molecule has 0 unspecified atom stereocenters. The molecule has 3 rings (SSSR count). The molecule has 0 saturated heterocycles. The molecule has 0 aliphatic rings. The number of imidazole rings is 1. The van der Waals surface area contributed by atoms with Gasteiger partial charge in [-0.25, -0.2) is 4.98 Å². The highest BCUT2D eigenvalue weighted by atomic mass is 79.9. The second-order valence-electron chi connectivity index (χ2n) is 4.17. The molecule has 7 heteroatoms. The van der Waals surface area contributed by atoms with Gasteiger partial charge in [0.25, 0.3) is 0 Å². The maximum absolute atomic E-state index is 6.22. The summed E-state index contributed by atoms with van der Waals surface area (Å²) in [4.78, 5) is 4.47. The van der Waals surface area contributed by atoms with Gasteiger partial charge in [0, 0.05) is 16.2 Å². The Balaban J connectivity index is 2.35. The summed E-state index contributed by atoms with van der Waals surface area (Å²) in [7, 11) is 0. The maximum atomic E-state index is 6.22. The molecule has 0 saturated carbocycles. The molecule has 2 aromatic heterocycles. The third-order valence-corrected chi connectivity index (χ3v) is 4.17. The molecule has 2 N–H and O–H groups in total. The quantitative estimate of drug-likeness (QED) is 0.611. The first-order valence-electron chi connectivity index (χ1n) is 5.55. The minimum Gasteiger partial charge on any atom is -0.383 e. The molecule has 3 aromatic rings. The van der Waals surface area contributed by atoms with Gasteiger partial charge in [-0.15, -0.1) is 0 Å². The Labute approximate surface area is 138 Å². The lowest BCUT2D eigenvalue weighted by atomic mass is 10.1. The van der Waals surface area contributed by atoms with Crippen molar-refractivity contribution < 1.29 is 0 Å². The molecule has 3 nitrogen and oxygen atoms in total. The molecule has 0 radical (unpaired) electrons. The monoisotopic (exact) mass is 389 g/mol. The standard InChI is InChI=1S/C13H7BrCl3N3/c14-6-1-2-9(16)8(3-6)11-12(18)20-5-7(15)4-10(17)13(20)19-11/h1-5H,18H2. The van der Waals surface area contributed by atoms with Crippen LogP contribution in [0.25, 0.3) is 16.9 Å². The Bertz CT molecular complexity index is 829. The van der Waals surface area contributed by atoms with Crippen molar-refractivity contribution in [2.45, 2.75) is 0 Å². The van der Waals surface area contributed by atoms with E-state index in [0.29, 0.717) is 32.2 Å². The summed E-state index contributed by atoms with van der Waals surface area (Å²) in [5.74, 6) is 0.435. The molecule has 1 aromatic carbocycles. The van der Waals surface area contributed by atoms with Gasteiger partial charge in [0.15, 0.2) is 5.65 Å². The van der Waals surface area contributed by atoms with Crippen LogP contribution < -0.4 is 5.73 Å². The van der Waals surface area contributed by atoms with Crippen LogP contribution in [-0.4, -0.2) is 9.38 Å². The highest BCUT2D eigenvalue weighted by Gasteiger charge is 2.16. The van der Waals surface area contributed by atoms with E-state index in [-0.39, 0.29) is 0 Å². The lowest BCUT2D eigenvalue weighted by Crippen LogP contribution is -1.94. The lowest BCUT2D eigenvalue weighted by molar-refractivity contribution is 1.20. The Morgan fingerprint density at radius 1 is 1.10 bits per heavy atom. The second kappa shape index (κ2) is 5.11. The Morgan fingerprint density at radius 2 is 1.85 bits per heavy atom.